The maximum absolute atomic E-state index is 12.0. The van der Waals surface area contributed by atoms with Gasteiger partial charge in [-0.1, -0.05) is 24.6 Å². The van der Waals surface area contributed by atoms with Gasteiger partial charge in [-0.2, -0.15) is 0 Å². The summed E-state index contributed by atoms with van der Waals surface area (Å²) < 4.78 is 11.0. The Balaban J connectivity index is 1.74. The summed E-state index contributed by atoms with van der Waals surface area (Å²) in [5.74, 6) is 0.422. The van der Waals surface area contributed by atoms with Crippen molar-refractivity contribution in [2.24, 2.45) is 0 Å². The average Bonchev–Trinajstić information content (AvgIpc) is 2.49. The molecule has 21 heavy (non-hydrogen) atoms. The second-order valence-corrected chi connectivity index (χ2v) is 7.05. The van der Waals surface area contributed by atoms with E-state index in [0.29, 0.717) is 5.75 Å². The molecule has 1 aromatic carbocycles. The molecule has 1 aliphatic carbocycles. The fraction of sp³-hybridized carbons (Fsp3) is 0.533. The molecule has 0 amide bonds. The van der Waals surface area contributed by atoms with E-state index in [-0.39, 0.29) is 12.1 Å². The molecule has 0 saturated heterocycles. The Labute approximate surface area is 131 Å². The molecule has 2 rings (SSSR count). The first-order valence-electron chi connectivity index (χ1n) is 7.31. The van der Waals surface area contributed by atoms with Crippen LogP contribution in [0.1, 0.15) is 39.0 Å². The van der Waals surface area contributed by atoms with Gasteiger partial charge in [0.25, 0.3) is 7.65 Å². The molecule has 0 bridgehead atoms. The molecule has 2 atom stereocenters. The third-order valence-corrected chi connectivity index (χ3v) is 4.87. The number of esters is 1. The van der Waals surface area contributed by atoms with Crippen LogP contribution in [0.2, 0.25) is 0 Å². The SMILES string of the molecule is CC(NP(Cl)Oc1ccccc1)C(=O)OC1CCCCC1. The Morgan fingerprint density at radius 1 is 1.29 bits per heavy atom. The fourth-order valence-corrected chi connectivity index (χ4v) is 3.70. The number of nitrogens with one attached hydrogen (secondary N) is 1. The van der Waals surface area contributed by atoms with Crippen LogP contribution < -0.4 is 9.61 Å². The standard InChI is InChI=1S/C15H21ClNO3P/c1-12(15(18)19-13-8-4-2-5-9-13)17-21(16)20-14-10-6-3-7-11-14/h3,6-7,10-13,17H,2,4-5,8-9H2,1H3. The van der Waals surface area contributed by atoms with Gasteiger partial charge in [-0.05, 0) is 56.0 Å². The summed E-state index contributed by atoms with van der Waals surface area (Å²) in [7, 11) is -1.43. The van der Waals surface area contributed by atoms with Crippen molar-refractivity contribution < 1.29 is 14.1 Å². The van der Waals surface area contributed by atoms with Gasteiger partial charge < -0.3 is 9.26 Å². The zero-order valence-electron chi connectivity index (χ0n) is 12.1. The normalized spacial score (nSPS) is 18.8. The molecule has 6 heteroatoms. The van der Waals surface area contributed by atoms with Crippen LogP contribution in [-0.2, 0) is 9.53 Å². The monoisotopic (exact) mass is 329 g/mol. The van der Waals surface area contributed by atoms with E-state index in [9.17, 15) is 4.79 Å². The smallest absolute Gasteiger partial charge is 0.323 e. The lowest BCUT2D eigenvalue weighted by molar-refractivity contribution is -0.152. The van der Waals surface area contributed by atoms with Crippen molar-refractivity contribution in [2.45, 2.75) is 51.2 Å². The molecule has 1 fully saturated rings. The highest BCUT2D eigenvalue weighted by Crippen LogP contribution is 2.39. The van der Waals surface area contributed by atoms with Crippen LogP contribution in [0.5, 0.6) is 5.75 Å². The molecular formula is C15H21ClNO3P. The Bertz CT molecular complexity index is 440. The summed E-state index contributed by atoms with van der Waals surface area (Å²) in [6.45, 7) is 1.75. The fourth-order valence-electron chi connectivity index (χ4n) is 2.25. The topological polar surface area (TPSA) is 47.6 Å². The van der Waals surface area contributed by atoms with E-state index < -0.39 is 13.7 Å². The third-order valence-electron chi connectivity index (χ3n) is 3.41. The molecule has 0 radical (unpaired) electrons. The Kier molecular flexibility index (Phi) is 6.75. The molecule has 4 nitrogen and oxygen atoms in total. The van der Waals surface area contributed by atoms with Crippen LogP contribution in [-0.4, -0.2) is 18.1 Å². The molecule has 0 spiro atoms. The third kappa shape index (κ3) is 5.82. The van der Waals surface area contributed by atoms with Gasteiger partial charge >= 0.3 is 5.97 Å². The van der Waals surface area contributed by atoms with E-state index >= 15 is 0 Å². The van der Waals surface area contributed by atoms with E-state index in [1.807, 2.05) is 30.3 Å². The first kappa shape index (κ1) is 16.5. The Morgan fingerprint density at radius 2 is 1.95 bits per heavy atom. The first-order chi connectivity index (χ1) is 10.1. The molecule has 0 aliphatic heterocycles. The van der Waals surface area contributed by atoms with Crippen molar-refractivity contribution in [3.8, 4) is 5.75 Å². The lowest BCUT2D eigenvalue weighted by Crippen LogP contribution is -2.35. The van der Waals surface area contributed by atoms with E-state index in [2.05, 4.69) is 5.09 Å². The van der Waals surface area contributed by atoms with Gasteiger partial charge in [-0.25, -0.2) is 5.09 Å². The van der Waals surface area contributed by atoms with E-state index in [4.69, 9.17) is 20.5 Å². The number of halogens is 1. The van der Waals surface area contributed by atoms with E-state index in [1.54, 1.807) is 6.92 Å². The summed E-state index contributed by atoms with van der Waals surface area (Å²) in [5, 5.41) is 2.95. The lowest BCUT2D eigenvalue weighted by Gasteiger charge is -2.24. The van der Waals surface area contributed by atoms with E-state index in [1.165, 1.54) is 6.42 Å². The number of para-hydroxylation sites is 1. The molecule has 0 aromatic heterocycles. The zero-order valence-corrected chi connectivity index (χ0v) is 13.8. The summed E-state index contributed by atoms with van der Waals surface area (Å²) >= 11 is 6.12. The summed E-state index contributed by atoms with van der Waals surface area (Å²) in [4.78, 5) is 12.0. The van der Waals surface area contributed by atoms with Crippen LogP contribution in [0.15, 0.2) is 30.3 Å². The minimum absolute atomic E-state index is 0.0621. The summed E-state index contributed by atoms with van der Waals surface area (Å²) in [5.41, 5.74) is 0. The van der Waals surface area contributed by atoms with Crippen molar-refractivity contribution in [3.63, 3.8) is 0 Å². The summed E-state index contributed by atoms with van der Waals surface area (Å²) in [6.07, 6.45) is 5.51. The van der Waals surface area contributed by atoms with Crippen LogP contribution in [0.3, 0.4) is 0 Å². The van der Waals surface area contributed by atoms with Gasteiger partial charge in [0.1, 0.15) is 17.9 Å². The van der Waals surface area contributed by atoms with Gasteiger partial charge in [-0.3, -0.25) is 4.79 Å². The molecule has 0 heterocycles. The maximum atomic E-state index is 12.0. The first-order valence-corrected chi connectivity index (χ1v) is 9.47. The van der Waals surface area contributed by atoms with Crippen LogP contribution in [0.4, 0.5) is 0 Å². The molecular weight excluding hydrogens is 309 g/mol. The highest BCUT2D eigenvalue weighted by molar-refractivity contribution is 7.78. The second kappa shape index (κ2) is 8.57. The van der Waals surface area contributed by atoms with Gasteiger partial charge in [-0.15, -0.1) is 0 Å². The molecule has 2 unspecified atom stereocenters. The van der Waals surface area contributed by atoms with Crippen molar-refractivity contribution in [1.82, 2.24) is 5.09 Å². The number of benzene rings is 1. The van der Waals surface area contributed by atoms with Gasteiger partial charge in [0.2, 0.25) is 0 Å². The van der Waals surface area contributed by atoms with E-state index in [0.717, 1.165) is 25.7 Å². The molecule has 1 aromatic rings. The maximum Gasteiger partial charge on any atom is 0.323 e. The van der Waals surface area contributed by atoms with Crippen LogP contribution in [0, 0.1) is 0 Å². The lowest BCUT2D eigenvalue weighted by atomic mass is 9.98. The quantitative estimate of drug-likeness (QED) is 0.621. The average molecular weight is 330 g/mol. The zero-order chi connectivity index (χ0) is 15.1. The number of carbonyl (C=O) groups is 1. The second-order valence-electron chi connectivity index (χ2n) is 5.20. The van der Waals surface area contributed by atoms with Gasteiger partial charge in [0.15, 0.2) is 0 Å². The van der Waals surface area contributed by atoms with Crippen molar-refractivity contribution in [3.05, 3.63) is 30.3 Å². The number of hydrogen-bond donors (Lipinski definition) is 1. The Morgan fingerprint density at radius 3 is 2.62 bits per heavy atom. The highest BCUT2D eigenvalue weighted by atomic mass is 35.7. The Hall–Kier alpha value is -0.830. The molecule has 116 valence electrons. The largest absolute Gasteiger partial charge is 0.461 e. The van der Waals surface area contributed by atoms with Crippen molar-refractivity contribution >= 4 is 24.9 Å². The number of ether oxygens (including phenoxy) is 1. The molecule has 1 saturated carbocycles. The highest BCUT2D eigenvalue weighted by Gasteiger charge is 2.24. The minimum atomic E-state index is -1.43. The number of carbonyl (C=O) groups excluding carboxylic acids is 1. The van der Waals surface area contributed by atoms with Gasteiger partial charge in [0, 0.05) is 0 Å². The van der Waals surface area contributed by atoms with Crippen molar-refractivity contribution in [1.29, 1.82) is 0 Å². The number of hydrogen-bond acceptors (Lipinski definition) is 4. The molecule has 1 aliphatic rings. The van der Waals surface area contributed by atoms with Gasteiger partial charge in [0.05, 0.1) is 0 Å². The molecule has 1 N–H and O–H groups in total. The van der Waals surface area contributed by atoms with Crippen LogP contribution >= 0.6 is 18.9 Å². The number of rotatable bonds is 6. The predicted octanol–water partition coefficient (Wildman–Crippen LogP) is 4.39. The predicted molar refractivity (Wildman–Crippen MR) is 85.4 cm³/mol. The van der Waals surface area contributed by atoms with Crippen molar-refractivity contribution in [2.75, 3.05) is 0 Å². The van der Waals surface area contributed by atoms with Crippen LogP contribution in [0.25, 0.3) is 0 Å². The summed E-state index contributed by atoms with van der Waals surface area (Å²) in [6, 6.07) is 8.82. The minimum Gasteiger partial charge on any atom is -0.461 e.